The Hall–Kier alpha value is -2.07. The Morgan fingerprint density at radius 2 is 1.77 bits per heavy atom. The number of nitrogens with zero attached hydrogens (tertiary/aromatic N) is 3. The van der Waals surface area contributed by atoms with E-state index in [1.54, 1.807) is 10.8 Å². The molecule has 3 rings (SSSR count). The summed E-state index contributed by atoms with van der Waals surface area (Å²) in [4.78, 5) is 14.4. The summed E-state index contributed by atoms with van der Waals surface area (Å²) < 4.78 is 1.79. The van der Waals surface area contributed by atoms with Crippen molar-refractivity contribution >= 4 is 23.6 Å². The van der Waals surface area contributed by atoms with Gasteiger partial charge in [-0.05, 0) is 38.3 Å². The van der Waals surface area contributed by atoms with Gasteiger partial charge in [0.05, 0.1) is 12.2 Å². The predicted molar refractivity (Wildman–Crippen MR) is 106 cm³/mol. The van der Waals surface area contributed by atoms with Gasteiger partial charge in [-0.15, -0.1) is 0 Å². The maximum absolute atomic E-state index is 12.4. The van der Waals surface area contributed by atoms with E-state index >= 15 is 0 Å². The summed E-state index contributed by atoms with van der Waals surface area (Å²) in [5, 5.41) is 5.11. The van der Waals surface area contributed by atoms with Crippen LogP contribution in [0.2, 0.25) is 5.15 Å². The first-order valence-electron chi connectivity index (χ1n) is 9.30. The molecule has 1 fully saturated rings. The van der Waals surface area contributed by atoms with Crippen LogP contribution in [0.4, 0.5) is 0 Å². The van der Waals surface area contributed by atoms with Gasteiger partial charge in [-0.25, -0.2) is 4.68 Å². The molecule has 26 heavy (non-hydrogen) atoms. The fourth-order valence-electron chi connectivity index (χ4n) is 3.28. The van der Waals surface area contributed by atoms with Gasteiger partial charge < -0.3 is 4.90 Å². The molecule has 1 amide bonds. The zero-order valence-corrected chi connectivity index (χ0v) is 16.3. The molecule has 5 heteroatoms. The molecule has 0 N–H and O–H groups in total. The van der Waals surface area contributed by atoms with Crippen molar-refractivity contribution in [1.82, 2.24) is 14.7 Å². The van der Waals surface area contributed by atoms with Crippen LogP contribution in [0.5, 0.6) is 0 Å². The second-order valence-corrected chi connectivity index (χ2v) is 7.36. The van der Waals surface area contributed by atoms with Crippen molar-refractivity contribution in [3.63, 3.8) is 0 Å². The summed E-state index contributed by atoms with van der Waals surface area (Å²) in [6.07, 6.45) is 8.05. The molecular formula is C21H26ClN3O. The Kier molecular flexibility index (Phi) is 6.15. The number of aromatic nitrogens is 2. The molecule has 1 aliphatic heterocycles. The van der Waals surface area contributed by atoms with Gasteiger partial charge in [-0.2, -0.15) is 5.10 Å². The smallest absolute Gasteiger partial charge is 0.246 e. The largest absolute Gasteiger partial charge is 0.339 e. The number of carbonyl (C=O) groups is 1. The summed E-state index contributed by atoms with van der Waals surface area (Å²) in [5.41, 5.74) is 4.03. The standard InChI is InChI=1S/C21H26ClN3O/c1-16-7-9-18(10-8-16)15-25-21(22)19(17(2)23-25)11-12-20(26)24-13-5-3-4-6-14-24/h7-12H,3-6,13-15H2,1-2H3/b12-11+. The highest BCUT2D eigenvalue weighted by Gasteiger charge is 2.15. The Morgan fingerprint density at radius 3 is 2.42 bits per heavy atom. The van der Waals surface area contributed by atoms with Gasteiger partial charge in [-0.1, -0.05) is 54.3 Å². The number of likely N-dealkylation sites (tertiary alicyclic amines) is 1. The summed E-state index contributed by atoms with van der Waals surface area (Å²) in [5.74, 6) is 0.0636. The molecule has 1 aromatic heterocycles. The number of aryl methyl sites for hydroxylation is 2. The third-order valence-electron chi connectivity index (χ3n) is 4.87. The SMILES string of the molecule is Cc1ccc(Cn2nc(C)c(/C=C/C(=O)N3CCCCCC3)c2Cl)cc1. The van der Waals surface area contributed by atoms with E-state index < -0.39 is 0 Å². The highest BCUT2D eigenvalue weighted by molar-refractivity contribution is 6.31. The van der Waals surface area contributed by atoms with Gasteiger partial charge in [0.2, 0.25) is 5.91 Å². The van der Waals surface area contributed by atoms with Gasteiger partial charge in [0.15, 0.2) is 0 Å². The van der Waals surface area contributed by atoms with Crippen molar-refractivity contribution in [3.05, 3.63) is 57.9 Å². The average Bonchev–Trinajstić information content (AvgIpc) is 2.83. The number of amides is 1. The molecule has 138 valence electrons. The Balaban J connectivity index is 1.72. The number of hydrogen-bond acceptors (Lipinski definition) is 2. The number of rotatable bonds is 4. The van der Waals surface area contributed by atoms with Gasteiger partial charge >= 0.3 is 0 Å². The number of hydrogen-bond donors (Lipinski definition) is 0. The van der Waals surface area contributed by atoms with Crippen LogP contribution in [0, 0.1) is 13.8 Å². The van der Waals surface area contributed by atoms with Crippen molar-refractivity contribution < 1.29 is 4.79 Å². The molecule has 1 aromatic carbocycles. The van der Waals surface area contributed by atoms with Crippen LogP contribution < -0.4 is 0 Å². The van der Waals surface area contributed by atoms with Crippen LogP contribution in [-0.4, -0.2) is 33.7 Å². The molecule has 2 aromatic rings. The summed E-state index contributed by atoms with van der Waals surface area (Å²) >= 11 is 6.53. The first-order valence-corrected chi connectivity index (χ1v) is 9.68. The highest BCUT2D eigenvalue weighted by atomic mass is 35.5. The average molecular weight is 372 g/mol. The van der Waals surface area contributed by atoms with E-state index in [1.807, 2.05) is 17.9 Å². The molecule has 0 radical (unpaired) electrons. The summed E-state index contributed by atoms with van der Waals surface area (Å²) in [7, 11) is 0. The normalized spacial score (nSPS) is 15.4. The van der Waals surface area contributed by atoms with Crippen LogP contribution in [-0.2, 0) is 11.3 Å². The summed E-state index contributed by atoms with van der Waals surface area (Å²) in [6, 6.07) is 8.34. The third-order valence-corrected chi connectivity index (χ3v) is 5.27. The van der Waals surface area contributed by atoms with Crippen LogP contribution in [0.25, 0.3) is 6.08 Å². The van der Waals surface area contributed by atoms with Crippen LogP contribution in [0.15, 0.2) is 30.3 Å². The fourth-order valence-corrected chi connectivity index (χ4v) is 3.58. The van der Waals surface area contributed by atoms with Gasteiger partial charge in [-0.3, -0.25) is 4.79 Å². The van der Waals surface area contributed by atoms with E-state index in [0.29, 0.717) is 11.7 Å². The molecular weight excluding hydrogens is 346 g/mol. The van der Waals surface area contributed by atoms with E-state index in [-0.39, 0.29) is 5.91 Å². The molecule has 2 heterocycles. The second kappa shape index (κ2) is 8.54. The lowest BCUT2D eigenvalue weighted by molar-refractivity contribution is -0.125. The third kappa shape index (κ3) is 4.55. The number of halogens is 1. The van der Waals surface area contributed by atoms with E-state index in [1.165, 1.54) is 18.4 Å². The monoisotopic (exact) mass is 371 g/mol. The lowest BCUT2D eigenvalue weighted by Gasteiger charge is -2.17. The van der Waals surface area contributed by atoms with Crippen molar-refractivity contribution in [1.29, 1.82) is 0 Å². The molecule has 0 atom stereocenters. The van der Waals surface area contributed by atoms with Crippen LogP contribution in [0.3, 0.4) is 0 Å². The molecule has 1 saturated heterocycles. The topological polar surface area (TPSA) is 38.1 Å². The zero-order chi connectivity index (χ0) is 18.5. The van der Waals surface area contributed by atoms with E-state index in [9.17, 15) is 4.79 Å². The van der Waals surface area contributed by atoms with Gasteiger partial charge in [0.25, 0.3) is 0 Å². The first-order chi connectivity index (χ1) is 12.5. The van der Waals surface area contributed by atoms with Crippen LogP contribution in [0.1, 0.15) is 48.1 Å². The van der Waals surface area contributed by atoms with Gasteiger partial charge in [0, 0.05) is 24.7 Å². The minimum absolute atomic E-state index is 0.0636. The molecule has 0 aliphatic carbocycles. The predicted octanol–water partition coefficient (Wildman–Crippen LogP) is 4.62. The molecule has 0 unspecified atom stereocenters. The molecule has 0 bridgehead atoms. The van der Waals surface area contributed by atoms with E-state index in [2.05, 4.69) is 36.3 Å². The maximum Gasteiger partial charge on any atom is 0.246 e. The molecule has 4 nitrogen and oxygen atoms in total. The lowest BCUT2D eigenvalue weighted by atomic mass is 10.1. The highest BCUT2D eigenvalue weighted by Crippen LogP contribution is 2.23. The molecule has 1 aliphatic rings. The van der Waals surface area contributed by atoms with Crippen molar-refractivity contribution in [3.8, 4) is 0 Å². The van der Waals surface area contributed by atoms with Crippen molar-refractivity contribution in [2.45, 2.75) is 46.1 Å². The first kappa shape index (κ1) is 18.7. The quantitative estimate of drug-likeness (QED) is 0.735. The fraction of sp³-hybridized carbons (Fsp3) is 0.429. The molecule has 0 saturated carbocycles. The number of benzene rings is 1. The zero-order valence-electron chi connectivity index (χ0n) is 15.5. The lowest BCUT2D eigenvalue weighted by Crippen LogP contribution is -2.30. The number of carbonyl (C=O) groups excluding carboxylic acids is 1. The summed E-state index contributed by atoms with van der Waals surface area (Å²) in [6.45, 7) is 6.31. The van der Waals surface area contributed by atoms with Crippen molar-refractivity contribution in [2.24, 2.45) is 0 Å². The van der Waals surface area contributed by atoms with Crippen molar-refractivity contribution in [2.75, 3.05) is 13.1 Å². The Bertz CT molecular complexity index is 784. The Morgan fingerprint density at radius 1 is 1.12 bits per heavy atom. The van der Waals surface area contributed by atoms with Gasteiger partial charge in [0.1, 0.15) is 5.15 Å². The van der Waals surface area contributed by atoms with Crippen LogP contribution >= 0.6 is 11.6 Å². The minimum atomic E-state index is 0.0636. The Labute approximate surface area is 160 Å². The van der Waals surface area contributed by atoms with E-state index in [0.717, 1.165) is 42.8 Å². The maximum atomic E-state index is 12.4. The second-order valence-electron chi connectivity index (χ2n) is 7.01. The molecule has 0 spiro atoms. The minimum Gasteiger partial charge on any atom is -0.339 e. The van der Waals surface area contributed by atoms with E-state index in [4.69, 9.17) is 11.6 Å².